The minimum atomic E-state index is -1.24. The lowest BCUT2D eigenvalue weighted by molar-refractivity contribution is 0.0602. The van der Waals surface area contributed by atoms with Crippen molar-refractivity contribution in [3.8, 4) is 0 Å². The van der Waals surface area contributed by atoms with Gasteiger partial charge in [-0.25, -0.2) is 17.6 Å². The Kier molecular flexibility index (Phi) is 12.8. The van der Waals surface area contributed by atoms with E-state index in [9.17, 15) is 27.2 Å². The normalized spacial score (nSPS) is 11.1. The van der Waals surface area contributed by atoms with Gasteiger partial charge < -0.3 is 0 Å². The number of hydrogen-bond donors (Lipinski definition) is 0. The number of nitrogens with zero attached hydrogens (tertiary/aromatic N) is 1. The summed E-state index contributed by atoms with van der Waals surface area (Å²) in [6.45, 7) is 4.73. The number of aryl methyl sites for hydroxylation is 2. The molecule has 7 heteroatoms. The molecule has 0 aromatic heterocycles. The van der Waals surface area contributed by atoms with Crippen LogP contribution in [0.1, 0.15) is 116 Å². The summed E-state index contributed by atoms with van der Waals surface area (Å²) in [5.74, 6) is -6.94. The highest BCUT2D eigenvalue weighted by molar-refractivity contribution is 6.10. The largest absolute Gasteiger partial charge is 0.274 e. The number of carbonyl (C=O) groups is 2. The molecule has 0 aliphatic rings. The van der Waals surface area contributed by atoms with Crippen LogP contribution >= 0.6 is 0 Å². The van der Waals surface area contributed by atoms with E-state index >= 15 is 0 Å². The summed E-state index contributed by atoms with van der Waals surface area (Å²) in [6, 6.07) is 4.23. The Labute approximate surface area is 218 Å². The molecular formula is C30H39F4NO2. The van der Waals surface area contributed by atoms with Gasteiger partial charge in [-0.3, -0.25) is 14.5 Å². The van der Waals surface area contributed by atoms with Gasteiger partial charge in [0.15, 0.2) is 0 Å². The van der Waals surface area contributed by atoms with Crippen molar-refractivity contribution in [3.63, 3.8) is 0 Å². The Morgan fingerprint density at radius 1 is 0.595 bits per heavy atom. The first-order valence-electron chi connectivity index (χ1n) is 13.5. The number of unbranched alkanes of at least 4 members (excludes halogenated alkanes) is 11. The van der Waals surface area contributed by atoms with Crippen molar-refractivity contribution in [2.24, 2.45) is 0 Å². The fourth-order valence-electron chi connectivity index (χ4n) is 4.38. The monoisotopic (exact) mass is 521 g/mol. The minimum absolute atomic E-state index is 0.0235. The van der Waals surface area contributed by atoms with Crippen LogP contribution < -0.4 is 0 Å². The van der Waals surface area contributed by atoms with Gasteiger partial charge in [0.2, 0.25) is 0 Å². The second-order valence-corrected chi connectivity index (χ2v) is 9.76. The smallest absolute Gasteiger partial charge is 0.266 e. The van der Waals surface area contributed by atoms with Crippen LogP contribution in [-0.2, 0) is 0 Å². The summed E-state index contributed by atoms with van der Waals surface area (Å²) in [6.07, 6.45) is 12.7. The molecule has 0 atom stereocenters. The molecule has 0 aliphatic carbocycles. The Morgan fingerprint density at radius 3 is 1.32 bits per heavy atom. The van der Waals surface area contributed by atoms with Crippen LogP contribution in [0.4, 0.5) is 17.6 Å². The summed E-state index contributed by atoms with van der Waals surface area (Å²) in [5, 5.41) is 0. The van der Waals surface area contributed by atoms with Crippen LogP contribution in [-0.4, -0.2) is 23.3 Å². The first-order chi connectivity index (χ1) is 17.7. The zero-order chi connectivity index (χ0) is 27.4. The first kappa shape index (κ1) is 30.5. The highest BCUT2D eigenvalue weighted by Crippen LogP contribution is 2.23. The molecule has 0 bridgehead atoms. The Balaban J connectivity index is 2.05. The van der Waals surface area contributed by atoms with Gasteiger partial charge in [-0.15, -0.1) is 0 Å². The number of rotatable bonds is 15. The van der Waals surface area contributed by atoms with E-state index in [2.05, 4.69) is 6.92 Å². The van der Waals surface area contributed by atoms with Crippen molar-refractivity contribution in [3.05, 3.63) is 69.8 Å². The molecule has 37 heavy (non-hydrogen) atoms. The van der Waals surface area contributed by atoms with Crippen LogP contribution in [0, 0.1) is 37.1 Å². The second-order valence-electron chi connectivity index (χ2n) is 9.76. The number of halogens is 4. The lowest BCUT2D eigenvalue weighted by Crippen LogP contribution is -2.39. The molecule has 0 aliphatic heterocycles. The van der Waals surface area contributed by atoms with Gasteiger partial charge in [-0.05, 0) is 43.5 Å². The number of hydrogen-bond acceptors (Lipinski definition) is 2. The summed E-state index contributed by atoms with van der Waals surface area (Å²) < 4.78 is 58.3. The molecular weight excluding hydrogens is 482 g/mol. The van der Waals surface area contributed by atoms with E-state index in [1.165, 1.54) is 64.5 Å². The van der Waals surface area contributed by atoms with E-state index in [1.54, 1.807) is 0 Å². The van der Waals surface area contributed by atoms with Crippen LogP contribution in [0.3, 0.4) is 0 Å². The SMILES string of the molecule is CCCCCCCCCCCCCCN(C(=O)c1c(F)ccc(C)c1F)C(=O)c1c(F)ccc(C)c1F. The van der Waals surface area contributed by atoms with Crippen molar-refractivity contribution in [2.45, 2.75) is 97.8 Å². The van der Waals surface area contributed by atoms with Crippen molar-refractivity contribution in [1.82, 2.24) is 4.90 Å². The molecule has 0 saturated carbocycles. The van der Waals surface area contributed by atoms with Gasteiger partial charge in [0.05, 0.1) is 0 Å². The van der Waals surface area contributed by atoms with Crippen molar-refractivity contribution >= 4 is 11.8 Å². The maximum absolute atomic E-state index is 14.7. The van der Waals surface area contributed by atoms with Crippen LogP contribution in [0.25, 0.3) is 0 Å². The topological polar surface area (TPSA) is 37.4 Å². The number of carbonyl (C=O) groups excluding carboxylic acids is 2. The summed E-state index contributed by atoms with van der Waals surface area (Å²) in [7, 11) is 0. The van der Waals surface area contributed by atoms with Crippen molar-refractivity contribution in [2.75, 3.05) is 6.54 Å². The third-order valence-corrected chi connectivity index (χ3v) is 6.72. The molecule has 204 valence electrons. The van der Waals surface area contributed by atoms with E-state index in [-0.39, 0.29) is 17.7 Å². The van der Waals surface area contributed by atoms with E-state index in [0.29, 0.717) is 17.7 Å². The molecule has 0 N–H and O–H groups in total. The van der Waals surface area contributed by atoms with Gasteiger partial charge in [0, 0.05) is 6.54 Å². The van der Waals surface area contributed by atoms with Crippen LogP contribution in [0.5, 0.6) is 0 Å². The molecule has 2 aromatic rings. The van der Waals surface area contributed by atoms with Crippen LogP contribution in [0.15, 0.2) is 24.3 Å². The minimum Gasteiger partial charge on any atom is -0.274 e. The Hall–Kier alpha value is -2.70. The third kappa shape index (κ3) is 8.68. The third-order valence-electron chi connectivity index (χ3n) is 6.72. The molecule has 2 amide bonds. The zero-order valence-corrected chi connectivity index (χ0v) is 22.3. The van der Waals surface area contributed by atoms with Gasteiger partial charge in [0.1, 0.15) is 34.4 Å². The number of imide groups is 1. The predicted octanol–water partition coefficient (Wildman–Crippen LogP) is 8.84. The number of amides is 2. The first-order valence-corrected chi connectivity index (χ1v) is 13.5. The molecule has 3 nitrogen and oxygen atoms in total. The molecule has 0 heterocycles. The van der Waals surface area contributed by atoms with Gasteiger partial charge in [-0.2, -0.15) is 0 Å². The standard InChI is InChI=1S/C30H39F4NO2/c1-4-5-6-7-8-9-10-11-12-13-14-15-20-35(29(36)25-23(31)18-16-21(2)27(25)33)30(37)26-24(32)19-17-22(3)28(26)34/h16-19H,4-15,20H2,1-3H3. The molecule has 0 spiro atoms. The summed E-state index contributed by atoms with van der Waals surface area (Å²) in [5.41, 5.74) is -1.76. The molecule has 0 saturated heterocycles. The van der Waals surface area contributed by atoms with Crippen molar-refractivity contribution < 1.29 is 27.2 Å². The predicted molar refractivity (Wildman–Crippen MR) is 139 cm³/mol. The maximum Gasteiger partial charge on any atom is 0.266 e. The van der Waals surface area contributed by atoms with Crippen molar-refractivity contribution in [1.29, 1.82) is 0 Å². The van der Waals surface area contributed by atoms with E-state index < -0.39 is 46.2 Å². The molecule has 0 unspecified atom stereocenters. The average molecular weight is 522 g/mol. The van der Waals surface area contributed by atoms with E-state index in [1.807, 2.05) is 0 Å². The zero-order valence-electron chi connectivity index (χ0n) is 22.3. The molecule has 2 aromatic carbocycles. The fraction of sp³-hybridized carbons (Fsp3) is 0.533. The Morgan fingerprint density at radius 2 is 0.946 bits per heavy atom. The molecule has 0 radical (unpaired) electrons. The maximum atomic E-state index is 14.7. The molecule has 2 rings (SSSR count). The van der Waals surface area contributed by atoms with Gasteiger partial charge in [-0.1, -0.05) is 89.7 Å². The highest BCUT2D eigenvalue weighted by atomic mass is 19.1. The lowest BCUT2D eigenvalue weighted by atomic mass is 10.0. The molecule has 0 fully saturated rings. The summed E-state index contributed by atoms with van der Waals surface area (Å²) in [4.78, 5) is 26.9. The van der Waals surface area contributed by atoms with Gasteiger partial charge >= 0.3 is 0 Å². The fourth-order valence-corrected chi connectivity index (χ4v) is 4.38. The lowest BCUT2D eigenvalue weighted by Gasteiger charge is -2.23. The quantitative estimate of drug-likeness (QED) is 0.133. The Bertz CT molecular complexity index is 985. The highest BCUT2D eigenvalue weighted by Gasteiger charge is 2.32. The second kappa shape index (κ2) is 15.5. The van der Waals surface area contributed by atoms with Crippen LogP contribution in [0.2, 0.25) is 0 Å². The van der Waals surface area contributed by atoms with E-state index in [0.717, 1.165) is 37.8 Å². The number of benzene rings is 2. The summed E-state index contributed by atoms with van der Waals surface area (Å²) >= 11 is 0. The van der Waals surface area contributed by atoms with E-state index in [4.69, 9.17) is 0 Å². The average Bonchev–Trinajstić information content (AvgIpc) is 2.87. The van der Waals surface area contributed by atoms with Gasteiger partial charge in [0.25, 0.3) is 11.8 Å².